The Labute approximate surface area is 122 Å². The minimum atomic E-state index is -0.203. The van der Waals surface area contributed by atoms with E-state index in [1.165, 1.54) is 11.1 Å². The number of nitrogens with one attached hydrogen (secondary N) is 2. The average molecular weight is 290 g/mol. The summed E-state index contributed by atoms with van der Waals surface area (Å²) in [4.78, 5) is 22.6. The normalized spacial score (nSPS) is 10.3. The first kappa shape index (κ1) is 14.5. The standard InChI is InChI=1S/C14H18N4OS/c1-3-6-15-13-9-16-12(8-17-13)14(19)18-7-11-5-4-10(2)20-11/h4-5,8-9H,3,6-7H2,1-2H3,(H,15,17)(H,18,19). The van der Waals surface area contributed by atoms with Crippen LogP contribution < -0.4 is 10.6 Å². The molecule has 2 aromatic rings. The maximum atomic E-state index is 11.9. The van der Waals surface area contributed by atoms with E-state index in [4.69, 9.17) is 0 Å². The van der Waals surface area contributed by atoms with E-state index >= 15 is 0 Å². The third-order valence-corrected chi connectivity index (χ3v) is 3.66. The highest BCUT2D eigenvalue weighted by molar-refractivity contribution is 7.11. The van der Waals surface area contributed by atoms with E-state index in [-0.39, 0.29) is 5.91 Å². The Balaban J connectivity index is 1.88. The molecule has 0 saturated heterocycles. The molecule has 0 aliphatic rings. The topological polar surface area (TPSA) is 66.9 Å². The SMILES string of the molecule is CCCNc1cnc(C(=O)NCc2ccc(C)s2)cn1. The van der Waals surface area contributed by atoms with Gasteiger partial charge in [0.05, 0.1) is 18.9 Å². The van der Waals surface area contributed by atoms with E-state index in [1.54, 1.807) is 17.5 Å². The van der Waals surface area contributed by atoms with Crippen LogP contribution in [-0.4, -0.2) is 22.4 Å². The first-order valence-corrected chi connectivity index (χ1v) is 7.40. The summed E-state index contributed by atoms with van der Waals surface area (Å²) in [7, 11) is 0. The Bertz CT molecular complexity index is 565. The van der Waals surface area contributed by atoms with E-state index in [2.05, 4.69) is 27.5 Å². The van der Waals surface area contributed by atoms with Gasteiger partial charge in [-0.2, -0.15) is 0 Å². The summed E-state index contributed by atoms with van der Waals surface area (Å²) >= 11 is 1.68. The lowest BCUT2D eigenvalue weighted by Crippen LogP contribution is -2.23. The van der Waals surface area contributed by atoms with E-state index in [1.807, 2.05) is 19.1 Å². The molecule has 6 heteroatoms. The van der Waals surface area contributed by atoms with Crippen molar-refractivity contribution in [3.05, 3.63) is 40.0 Å². The average Bonchev–Trinajstić information content (AvgIpc) is 2.89. The van der Waals surface area contributed by atoms with Crippen LogP contribution in [0.5, 0.6) is 0 Å². The van der Waals surface area contributed by atoms with Crippen molar-refractivity contribution in [2.75, 3.05) is 11.9 Å². The zero-order valence-electron chi connectivity index (χ0n) is 11.6. The molecule has 0 spiro atoms. The predicted molar refractivity (Wildman–Crippen MR) is 81.0 cm³/mol. The van der Waals surface area contributed by atoms with Gasteiger partial charge in [-0.15, -0.1) is 11.3 Å². The maximum Gasteiger partial charge on any atom is 0.271 e. The second kappa shape index (κ2) is 7.00. The van der Waals surface area contributed by atoms with Gasteiger partial charge in [0.25, 0.3) is 5.91 Å². The summed E-state index contributed by atoms with van der Waals surface area (Å²) in [6.45, 7) is 5.49. The summed E-state index contributed by atoms with van der Waals surface area (Å²) < 4.78 is 0. The summed E-state index contributed by atoms with van der Waals surface area (Å²) in [6, 6.07) is 4.06. The summed E-state index contributed by atoms with van der Waals surface area (Å²) in [5, 5.41) is 5.96. The summed E-state index contributed by atoms with van der Waals surface area (Å²) in [6.07, 6.45) is 4.09. The van der Waals surface area contributed by atoms with Gasteiger partial charge in [-0.1, -0.05) is 6.92 Å². The third kappa shape index (κ3) is 4.03. The van der Waals surface area contributed by atoms with Crippen molar-refractivity contribution in [1.82, 2.24) is 15.3 Å². The van der Waals surface area contributed by atoms with Crippen LogP contribution in [0.25, 0.3) is 0 Å². The van der Waals surface area contributed by atoms with Crippen molar-refractivity contribution < 1.29 is 4.79 Å². The van der Waals surface area contributed by atoms with E-state index in [0.717, 1.165) is 17.8 Å². The molecule has 0 bridgehead atoms. The fourth-order valence-electron chi connectivity index (χ4n) is 1.63. The first-order chi connectivity index (χ1) is 9.69. The molecule has 5 nitrogen and oxygen atoms in total. The Hall–Kier alpha value is -1.95. The Morgan fingerprint density at radius 1 is 1.30 bits per heavy atom. The second-order valence-corrected chi connectivity index (χ2v) is 5.78. The van der Waals surface area contributed by atoms with Gasteiger partial charge < -0.3 is 10.6 Å². The van der Waals surface area contributed by atoms with E-state index in [9.17, 15) is 4.79 Å². The summed E-state index contributed by atoms with van der Waals surface area (Å²) in [5.74, 6) is 0.489. The zero-order valence-corrected chi connectivity index (χ0v) is 12.5. The molecular weight excluding hydrogens is 272 g/mol. The van der Waals surface area contributed by atoms with Crippen LogP contribution in [0, 0.1) is 6.92 Å². The van der Waals surface area contributed by atoms with Crippen LogP contribution in [0.15, 0.2) is 24.5 Å². The minimum absolute atomic E-state index is 0.203. The molecule has 106 valence electrons. The number of carbonyl (C=O) groups excluding carboxylic acids is 1. The molecule has 2 heterocycles. The predicted octanol–water partition coefficient (Wildman–Crippen LogP) is 2.60. The van der Waals surface area contributed by atoms with Gasteiger partial charge in [-0.05, 0) is 25.5 Å². The van der Waals surface area contributed by atoms with Gasteiger partial charge >= 0.3 is 0 Å². The van der Waals surface area contributed by atoms with E-state index < -0.39 is 0 Å². The molecular formula is C14H18N4OS. The van der Waals surface area contributed by atoms with Crippen LogP contribution in [0.1, 0.15) is 33.6 Å². The molecule has 0 atom stereocenters. The molecule has 0 radical (unpaired) electrons. The highest BCUT2D eigenvalue weighted by Crippen LogP contribution is 2.14. The molecule has 2 aromatic heterocycles. The first-order valence-electron chi connectivity index (χ1n) is 6.58. The Kier molecular flexibility index (Phi) is 5.06. The number of hydrogen-bond donors (Lipinski definition) is 2. The van der Waals surface area contributed by atoms with Gasteiger partial charge in [0, 0.05) is 16.3 Å². The number of aryl methyl sites for hydroxylation is 1. The highest BCUT2D eigenvalue weighted by Gasteiger charge is 2.08. The van der Waals surface area contributed by atoms with Crippen LogP contribution in [0.2, 0.25) is 0 Å². The molecule has 0 aromatic carbocycles. The van der Waals surface area contributed by atoms with Crippen LogP contribution in [0.3, 0.4) is 0 Å². The van der Waals surface area contributed by atoms with Crippen molar-refractivity contribution in [1.29, 1.82) is 0 Å². The molecule has 0 fully saturated rings. The molecule has 0 unspecified atom stereocenters. The number of nitrogens with zero attached hydrogens (tertiary/aromatic N) is 2. The molecule has 1 amide bonds. The molecule has 0 aliphatic heterocycles. The van der Waals surface area contributed by atoms with Gasteiger partial charge in [-0.3, -0.25) is 4.79 Å². The smallest absolute Gasteiger partial charge is 0.271 e. The monoisotopic (exact) mass is 290 g/mol. The van der Waals surface area contributed by atoms with E-state index in [0.29, 0.717) is 18.1 Å². The number of carbonyl (C=O) groups is 1. The zero-order chi connectivity index (χ0) is 14.4. The number of thiophene rings is 1. The maximum absolute atomic E-state index is 11.9. The molecule has 20 heavy (non-hydrogen) atoms. The van der Waals surface area contributed by atoms with Gasteiger partial charge in [0.15, 0.2) is 0 Å². The number of anilines is 1. The molecule has 2 rings (SSSR count). The van der Waals surface area contributed by atoms with Crippen molar-refractivity contribution in [3.8, 4) is 0 Å². The highest BCUT2D eigenvalue weighted by atomic mass is 32.1. The minimum Gasteiger partial charge on any atom is -0.369 e. The fraction of sp³-hybridized carbons (Fsp3) is 0.357. The number of rotatable bonds is 6. The van der Waals surface area contributed by atoms with Crippen LogP contribution in [0.4, 0.5) is 5.82 Å². The number of hydrogen-bond acceptors (Lipinski definition) is 5. The molecule has 0 saturated carbocycles. The number of amides is 1. The van der Waals surface area contributed by atoms with Crippen molar-refractivity contribution in [3.63, 3.8) is 0 Å². The number of aromatic nitrogens is 2. The van der Waals surface area contributed by atoms with Crippen LogP contribution in [-0.2, 0) is 6.54 Å². The molecule has 2 N–H and O–H groups in total. The van der Waals surface area contributed by atoms with Crippen molar-refractivity contribution in [2.45, 2.75) is 26.8 Å². The van der Waals surface area contributed by atoms with Crippen LogP contribution >= 0.6 is 11.3 Å². The second-order valence-electron chi connectivity index (χ2n) is 4.41. The molecule has 0 aliphatic carbocycles. The quantitative estimate of drug-likeness (QED) is 0.858. The Morgan fingerprint density at radius 2 is 2.15 bits per heavy atom. The van der Waals surface area contributed by atoms with Gasteiger partial charge in [0.1, 0.15) is 11.5 Å². The third-order valence-electron chi connectivity index (χ3n) is 2.66. The van der Waals surface area contributed by atoms with Gasteiger partial charge in [0.2, 0.25) is 0 Å². The van der Waals surface area contributed by atoms with Gasteiger partial charge in [-0.25, -0.2) is 9.97 Å². The lowest BCUT2D eigenvalue weighted by molar-refractivity contribution is 0.0946. The van der Waals surface area contributed by atoms with Crippen molar-refractivity contribution in [2.24, 2.45) is 0 Å². The summed E-state index contributed by atoms with van der Waals surface area (Å²) in [5.41, 5.74) is 0.334. The fourth-order valence-corrected chi connectivity index (χ4v) is 2.46. The lowest BCUT2D eigenvalue weighted by atomic mass is 10.4. The Morgan fingerprint density at radius 3 is 2.75 bits per heavy atom. The largest absolute Gasteiger partial charge is 0.369 e. The van der Waals surface area contributed by atoms with Crippen molar-refractivity contribution >= 4 is 23.1 Å². The lowest BCUT2D eigenvalue weighted by Gasteiger charge is -2.05.